The molecule has 0 aromatic heterocycles. The number of nitrogens with zero attached hydrogens (tertiary/aromatic N) is 1. The van der Waals surface area contributed by atoms with Crippen LogP contribution in [0.4, 0.5) is 11.4 Å². The highest BCUT2D eigenvalue weighted by Crippen LogP contribution is 2.35. The van der Waals surface area contributed by atoms with Crippen LogP contribution in [0.2, 0.25) is 0 Å². The molecule has 5 heteroatoms. The summed E-state index contributed by atoms with van der Waals surface area (Å²) in [4.78, 5) is 26.6. The van der Waals surface area contributed by atoms with Gasteiger partial charge in [-0.05, 0) is 45.2 Å². The predicted molar refractivity (Wildman–Crippen MR) is 98.6 cm³/mol. The van der Waals surface area contributed by atoms with Crippen molar-refractivity contribution >= 4 is 23.3 Å². The zero-order valence-corrected chi connectivity index (χ0v) is 15.2. The van der Waals surface area contributed by atoms with Crippen LogP contribution in [0.3, 0.4) is 0 Å². The number of esters is 1. The molecule has 0 atom stereocenters. The number of nitrogens with one attached hydrogen (secondary N) is 1. The van der Waals surface area contributed by atoms with Gasteiger partial charge >= 0.3 is 5.97 Å². The van der Waals surface area contributed by atoms with E-state index in [1.165, 1.54) is 6.42 Å². The molecule has 0 radical (unpaired) electrons. The molecular weight excluding hydrogens is 316 g/mol. The fraction of sp³-hybridized carbons (Fsp3) is 0.600. The monoisotopic (exact) mass is 344 g/mol. The lowest BCUT2D eigenvalue weighted by Gasteiger charge is -2.40. The molecule has 1 aliphatic heterocycles. The van der Waals surface area contributed by atoms with Gasteiger partial charge in [0.15, 0.2) is 0 Å². The van der Waals surface area contributed by atoms with Gasteiger partial charge in [0.2, 0.25) is 0 Å². The van der Waals surface area contributed by atoms with E-state index in [0.29, 0.717) is 19.6 Å². The normalized spacial score (nSPS) is 19.9. The molecule has 0 spiro atoms. The predicted octanol–water partition coefficient (Wildman–Crippen LogP) is 3.74. The van der Waals surface area contributed by atoms with E-state index in [4.69, 9.17) is 4.74 Å². The van der Waals surface area contributed by atoms with Gasteiger partial charge in [0.25, 0.3) is 5.91 Å². The summed E-state index contributed by atoms with van der Waals surface area (Å²) in [5, 5.41) is 3.29. The average Bonchev–Trinajstić information content (AvgIpc) is 2.61. The van der Waals surface area contributed by atoms with Crippen LogP contribution in [0.5, 0.6) is 0 Å². The third-order valence-electron chi connectivity index (χ3n) is 5.13. The second kappa shape index (κ2) is 7.46. The third-order valence-corrected chi connectivity index (χ3v) is 5.13. The Kier molecular flexibility index (Phi) is 5.30. The van der Waals surface area contributed by atoms with Gasteiger partial charge in [-0.3, -0.25) is 9.59 Å². The van der Waals surface area contributed by atoms with Gasteiger partial charge in [0.05, 0.1) is 23.9 Å². The van der Waals surface area contributed by atoms with Crippen LogP contribution in [0.25, 0.3) is 0 Å². The first-order valence-electron chi connectivity index (χ1n) is 9.35. The molecule has 3 rings (SSSR count). The van der Waals surface area contributed by atoms with Crippen LogP contribution < -0.4 is 10.2 Å². The molecule has 2 aliphatic rings. The van der Waals surface area contributed by atoms with Crippen molar-refractivity contribution in [3.8, 4) is 0 Å². The number of anilines is 2. The molecular formula is C20H28N2O3. The van der Waals surface area contributed by atoms with Gasteiger partial charge in [-0.25, -0.2) is 0 Å². The third kappa shape index (κ3) is 3.97. The van der Waals surface area contributed by atoms with E-state index in [9.17, 15) is 9.59 Å². The first-order chi connectivity index (χ1) is 12.0. The Hall–Kier alpha value is -2.04. The lowest BCUT2D eigenvalue weighted by Crippen LogP contribution is -2.54. The van der Waals surface area contributed by atoms with Crippen molar-refractivity contribution in [3.05, 3.63) is 24.3 Å². The van der Waals surface area contributed by atoms with E-state index in [2.05, 4.69) is 5.32 Å². The van der Waals surface area contributed by atoms with Crippen LogP contribution in [0.1, 0.15) is 52.4 Å². The molecule has 0 unspecified atom stereocenters. The SMILES string of the molecule is CC1(C)Nc2ccccc2N(CCCOC(=O)C2CCCCC2)C1=O. The van der Waals surface area contributed by atoms with Gasteiger partial charge in [-0.15, -0.1) is 0 Å². The summed E-state index contributed by atoms with van der Waals surface area (Å²) in [6.07, 6.45) is 6.04. The molecule has 1 aliphatic carbocycles. The lowest BCUT2D eigenvalue weighted by atomic mass is 9.89. The molecule has 1 heterocycles. The van der Waals surface area contributed by atoms with Crippen LogP contribution in [-0.2, 0) is 14.3 Å². The van der Waals surface area contributed by atoms with Gasteiger partial charge in [-0.1, -0.05) is 31.4 Å². The number of carbonyl (C=O) groups is 2. The maximum absolute atomic E-state index is 12.7. The summed E-state index contributed by atoms with van der Waals surface area (Å²) in [7, 11) is 0. The number of hydrogen-bond donors (Lipinski definition) is 1. The number of amides is 1. The molecule has 0 saturated heterocycles. The Balaban J connectivity index is 1.55. The average molecular weight is 344 g/mol. The Bertz CT molecular complexity index is 636. The molecule has 1 fully saturated rings. The second-order valence-electron chi connectivity index (χ2n) is 7.58. The molecule has 1 N–H and O–H groups in total. The Morgan fingerprint density at radius 1 is 1.24 bits per heavy atom. The minimum Gasteiger partial charge on any atom is -0.465 e. The number of benzene rings is 1. The van der Waals surface area contributed by atoms with Crippen molar-refractivity contribution in [2.45, 2.75) is 57.9 Å². The van der Waals surface area contributed by atoms with Gasteiger partial charge in [0.1, 0.15) is 5.54 Å². The number of carbonyl (C=O) groups excluding carboxylic acids is 2. The van der Waals surface area contributed by atoms with Crippen LogP contribution in [-0.4, -0.2) is 30.6 Å². The standard InChI is InChI=1S/C20H28N2O3/c1-20(2)19(24)22(17-12-7-6-11-16(17)21-20)13-8-14-25-18(23)15-9-4-3-5-10-15/h6-7,11-12,15,21H,3-5,8-10,13-14H2,1-2H3. The Labute approximate surface area is 149 Å². The Morgan fingerprint density at radius 3 is 2.72 bits per heavy atom. The number of hydrogen-bond acceptors (Lipinski definition) is 4. The minimum absolute atomic E-state index is 0.0461. The van der Waals surface area contributed by atoms with Crippen molar-refractivity contribution in [2.24, 2.45) is 5.92 Å². The second-order valence-corrected chi connectivity index (χ2v) is 7.58. The summed E-state index contributed by atoms with van der Waals surface area (Å²) in [6, 6.07) is 7.83. The number of fused-ring (bicyclic) bond motifs is 1. The summed E-state index contributed by atoms with van der Waals surface area (Å²) in [5.74, 6) is 0.0612. The van der Waals surface area contributed by atoms with Crippen LogP contribution in [0.15, 0.2) is 24.3 Å². The van der Waals surface area contributed by atoms with E-state index in [0.717, 1.165) is 37.1 Å². The topological polar surface area (TPSA) is 58.6 Å². The van der Waals surface area contributed by atoms with Crippen molar-refractivity contribution < 1.29 is 14.3 Å². The Morgan fingerprint density at radius 2 is 1.96 bits per heavy atom. The zero-order valence-electron chi connectivity index (χ0n) is 15.2. The van der Waals surface area contributed by atoms with Crippen molar-refractivity contribution in [1.82, 2.24) is 0 Å². The maximum Gasteiger partial charge on any atom is 0.308 e. The molecule has 0 bridgehead atoms. The highest BCUT2D eigenvalue weighted by atomic mass is 16.5. The fourth-order valence-corrected chi connectivity index (χ4v) is 3.73. The molecule has 1 amide bonds. The summed E-state index contributed by atoms with van der Waals surface area (Å²) >= 11 is 0. The molecule has 5 nitrogen and oxygen atoms in total. The molecule has 25 heavy (non-hydrogen) atoms. The molecule has 1 aromatic carbocycles. The summed E-state index contributed by atoms with van der Waals surface area (Å²) in [6.45, 7) is 4.71. The largest absolute Gasteiger partial charge is 0.465 e. The zero-order chi connectivity index (χ0) is 17.9. The van der Waals surface area contributed by atoms with E-state index < -0.39 is 5.54 Å². The van der Waals surface area contributed by atoms with E-state index in [1.54, 1.807) is 4.90 Å². The summed E-state index contributed by atoms with van der Waals surface area (Å²) < 4.78 is 5.46. The number of para-hydroxylation sites is 2. The maximum atomic E-state index is 12.7. The van der Waals surface area contributed by atoms with Crippen molar-refractivity contribution in [2.75, 3.05) is 23.4 Å². The first kappa shape index (κ1) is 17.8. The highest BCUT2D eigenvalue weighted by Gasteiger charge is 2.38. The van der Waals surface area contributed by atoms with Gasteiger partial charge in [-0.2, -0.15) is 0 Å². The van der Waals surface area contributed by atoms with E-state index in [-0.39, 0.29) is 17.8 Å². The summed E-state index contributed by atoms with van der Waals surface area (Å²) in [5.41, 5.74) is 1.23. The molecule has 1 aromatic rings. The first-order valence-corrected chi connectivity index (χ1v) is 9.35. The van der Waals surface area contributed by atoms with Gasteiger partial charge < -0.3 is 15.0 Å². The van der Waals surface area contributed by atoms with Crippen LogP contribution >= 0.6 is 0 Å². The lowest BCUT2D eigenvalue weighted by molar-refractivity contribution is -0.149. The van der Waals surface area contributed by atoms with E-state index in [1.807, 2.05) is 38.1 Å². The number of ether oxygens (including phenoxy) is 1. The highest BCUT2D eigenvalue weighted by molar-refractivity contribution is 6.07. The molecule has 1 saturated carbocycles. The molecule has 136 valence electrons. The number of rotatable bonds is 5. The quantitative estimate of drug-likeness (QED) is 0.653. The van der Waals surface area contributed by atoms with Crippen LogP contribution in [0, 0.1) is 5.92 Å². The van der Waals surface area contributed by atoms with Crippen molar-refractivity contribution in [3.63, 3.8) is 0 Å². The smallest absolute Gasteiger partial charge is 0.308 e. The van der Waals surface area contributed by atoms with E-state index >= 15 is 0 Å². The minimum atomic E-state index is -0.632. The van der Waals surface area contributed by atoms with Crippen molar-refractivity contribution in [1.29, 1.82) is 0 Å². The fourth-order valence-electron chi connectivity index (χ4n) is 3.73. The van der Waals surface area contributed by atoms with Gasteiger partial charge in [0, 0.05) is 6.54 Å².